The monoisotopic (exact) mass is 386 g/mol. The maximum absolute atomic E-state index is 13.2. The summed E-state index contributed by atoms with van der Waals surface area (Å²) in [6.45, 7) is -0.589. The number of allylic oxidation sites excluding steroid dienone is 8. The Morgan fingerprint density at radius 1 is 1.11 bits per heavy atom. The molecule has 3 N–H and O–H groups in total. The standard InChI is InChI=1S/C21H22O7/c1-28-14-4-2-3-11-15(14)21(27)17-16(19(11)25)20(26)12-7-9(13(23)8-22)5-6-10(12)18(17)24/h3,9,16-17,22,24,26H,2,4-8H2,1H3. The molecule has 0 aromatic heterocycles. The molecule has 0 saturated heterocycles. The lowest BCUT2D eigenvalue weighted by molar-refractivity contribution is -0.131. The Kier molecular flexibility index (Phi) is 4.50. The van der Waals surface area contributed by atoms with Gasteiger partial charge < -0.3 is 20.1 Å². The zero-order valence-electron chi connectivity index (χ0n) is 15.5. The van der Waals surface area contributed by atoms with Gasteiger partial charge in [-0.2, -0.15) is 0 Å². The van der Waals surface area contributed by atoms with Crippen molar-refractivity contribution in [1.29, 1.82) is 0 Å². The van der Waals surface area contributed by atoms with Crippen LogP contribution in [0.25, 0.3) is 0 Å². The number of aliphatic hydroxyl groups excluding tert-OH is 3. The molecule has 4 rings (SSSR count). The average Bonchev–Trinajstić information content (AvgIpc) is 2.72. The molecule has 148 valence electrons. The molecule has 4 aliphatic carbocycles. The van der Waals surface area contributed by atoms with E-state index in [0.29, 0.717) is 42.6 Å². The third-order valence-electron chi connectivity index (χ3n) is 6.30. The maximum Gasteiger partial charge on any atom is 0.178 e. The third-order valence-corrected chi connectivity index (χ3v) is 6.30. The van der Waals surface area contributed by atoms with Gasteiger partial charge in [0.15, 0.2) is 17.3 Å². The van der Waals surface area contributed by atoms with Crippen LogP contribution >= 0.6 is 0 Å². The number of carbonyl (C=O) groups is 3. The molecule has 3 atom stereocenters. The van der Waals surface area contributed by atoms with Crippen molar-refractivity contribution in [2.24, 2.45) is 17.8 Å². The highest BCUT2D eigenvalue weighted by molar-refractivity contribution is 6.21. The number of rotatable bonds is 3. The molecule has 0 aromatic rings. The van der Waals surface area contributed by atoms with E-state index >= 15 is 0 Å². The van der Waals surface area contributed by atoms with Gasteiger partial charge in [-0.25, -0.2) is 0 Å². The minimum absolute atomic E-state index is 0.139. The van der Waals surface area contributed by atoms with Gasteiger partial charge in [-0.15, -0.1) is 0 Å². The van der Waals surface area contributed by atoms with Gasteiger partial charge in [0.25, 0.3) is 0 Å². The van der Waals surface area contributed by atoms with E-state index in [4.69, 9.17) is 9.84 Å². The second-order valence-corrected chi connectivity index (χ2v) is 7.63. The Morgan fingerprint density at radius 2 is 1.79 bits per heavy atom. The Labute approximate surface area is 161 Å². The predicted molar refractivity (Wildman–Crippen MR) is 97.1 cm³/mol. The highest BCUT2D eigenvalue weighted by Gasteiger charge is 2.53. The first-order valence-electron chi connectivity index (χ1n) is 9.44. The first kappa shape index (κ1) is 18.7. The van der Waals surface area contributed by atoms with Gasteiger partial charge >= 0.3 is 0 Å². The van der Waals surface area contributed by atoms with Crippen LogP contribution in [0.15, 0.2) is 45.6 Å². The second kappa shape index (κ2) is 6.74. The van der Waals surface area contributed by atoms with E-state index in [1.54, 1.807) is 6.08 Å². The maximum atomic E-state index is 13.2. The van der Waals surface area contributed by atoms with E-state index in [0.717, 1.165) is 0 Å². The van der Waals surface area contributed by atoms with Crippen LogP contribution in [0.4, 0.5) is 0 Å². The van der Waals surface area contributed by atoms with Gasteiger partial charge in [0.05, 0.1) is 24.5 Å². The number of ether oxygens (including phenoxy) is 1. The highest BCUT2D eigenvalue weighted by atomic mass is 16.5. The van der Waals surface area contributed by atoms with E-state index < -0.39 is 35.9 Å². The van der Waals surface area contributed by atoms with E-state index in [1.807, 2.05) is 0 Å². The first-order chi connectivity index (χ1) is 13.4. The van der Waals surface area contributed by atoms with Crippen molar-refractivity contribution in [3.63, 3.8) is 0 Å². The first-order valence-corrected chi connectivity index (χ1v) is 9.44. The third kappa shape index (κ3) is 2.49. The number of hydrogen-bond donors (Lipinski definition) is 3. The summed E-state index contributed by atoms with van der Waals surface area (Å²) in [4.78, 5) is 38.3. The summed E-state index contributed by atoms with van der Waals surface area (Å²) in [7, 11) is 1.45. The second-order valence-electron chi connectivity index (χ2n) is 7.63. The van der Waals surface area contributed by atoms with E-state index in [9.17, 15) is 24.6 Å². The summed E-state index contributed by atoms with van der Waals surface area (Å²) in [6, 6.07) is 0. The lowest BCUT2D eigenvalue weighted by Gasteiger charge is -2.40. The van der Waals surface area contributed by atoms with Crippen molar-refractivity contribution < 1.29 is 34.4 Å². The molecule has 0 aromatic carbocycles. The van der Waals surface area contributed by atoms with Crippen LogP contribution in [0.2, 0.25) is 0 Å². The van der Waals surface area contributed by atoms with Crippen molar-refractivity contribution in [2.45, 2.75) is 32.1 Å². The molecule has 0 spiro atoms. The molecule has 0 radical (unpaired) electrons. The molecular formula is C21H22O7. The van der Waals surface area contributed by atoms with Gasteiger partial charge in [0.1, 0.15) is 23.9 Å². The Balaban J connectivity index is 1.82. The summed E-state index contributed by atoms with van der Waals surface area (Å²) in [5.41, 5.74) is 1.22. The quantitative estimate of drug-likeness (QED) is 0.678. The van der Waals surface area contributed by atoms with Crippen molar-refractivity contribution in [3.05, 3.63) is 45.6 Å². The van der Waals surface area contributed by atoms with Gasteiger partial charge in [-0.1, -0.05) is 6.08 Å². The predicted octanol–water partition coefficient (Wildman–Crippen LogP) is 1.99. The fourth-order valence-corrected chi connectivity index (χ4v) is 4.88. The molecule has 7 heteroatoms. The molecule has 0 aliphatic heterocycles. The van der Waals surface area contributed by atoms with Gasteiger partial charge in [0, 0.05) is 17.9 Å². The highest BCUT2D eigenvalue weighted by Crippen LogP contribution is 2.50. The van der Waals surface area contributed by atoms with Crippen LogP contribution in [0.3, 0.4) is 0 Å². The number of aliphatic hydroxyl groups is 3. The lowest BCUT2D eigenvalue weighted by Crippen LogP contribution is -2.45. The molecule has 28 heavy (non-hydrogen) atoms. The topological polar surface area (TPSA) is 121 Å². The van der Waals surface area contributed by atoms with Crippen LogP contribution in [0.5, 0.6) is 0 Å². The molecule has 2 fully saturated rings. The SMILES string of the molecule is COC1=C2C(=O)C3C(O)=C4CCC(C(=O)CO)CC4=C(O)C3C(=O)C2=CCC1. The summed E-state index contributed by atoms with van der Waals surface area (Å²) >= 11 is 0. The van der Waals surface area contributed by atoms with Crippen molar-refractivity contribution in [1.82, 2.24) is 0 Å². The summed E-state index contributed by atoms with van der Waals surface area (Å²) < 4.78 is 5.31. The van der Waals surface area contributed by atoms with Crippen LogP contribution in [-0.4, -0.2) is 46.4 Å². The average molecular weight is 386 g/mol. The fourth-order valence-electron chi connectivity index (χ4n) is 4.88. The zero-order chi connectivity index (χ0) is 20.2. The summed E-state index contributed by atoms with van der Waals surface area (Å²) in [5, 5.41) is 30.9. The van der Waals surface area contributed by atoms with Crippen molar-refractivity contribution >= 4 is 17.3 Å². The van der Waals surface area contributed by atoms with Crippen LogP contribution in [-0.2, 0) is 19.1 Å². The number of Topliss-reactive ketones (excluding diaryl/α,β-unsaturated/α-hetero) is 3. The van der Waals surface area contributed by atoms with Crippen LogP contribution in [0.1, 0.15) is 32.1 Å². The number of fused-ring (bicyclic) bond motifs is 3. The molecule has 0 heterocycles. The minimum atomic E-state index is -1.18. The Morgan fingerprint density at radius 3 is 2.46 bits per heavy atom. The Bertz CT molecular complexity index is 915. The van der Waals surface area contributed by atoms with Crippen LogP contribution < -0.4 is 0 Å². The van der Waals surface area contributed by atoms with Gasteiger partial charge in [0.2, 0.25) is 0 Å². The lowest BCUT2D eigenvalue weighted by atomic mass is 9.63. The molecule has 0 amide bonds. The van der Waals surface area contributed by atoms with E-state index in [1.165, 1.54) is 7.11 Å². The molecule has 3 unspecified atom stereocenters. The number of hydrogen-bond acceptors (Lipinski definition) is 7. The summed E-state index contributed by atoms with van der Waals surface area (Å²) in [6.07, 6.45) is 3.58. The molecular weight excluding hydrogens is 364 g/mol. The molecule has 7 nitrogen and oxygen atoms in total. The number of methoxy groups -OCH3 is 1. The van der Waals surface area contributed by atoms with Crippen LogP contribution in [0, 0.1) is 17.8 Å². The molecule has 4 aliphatic rings. The number of ketones is 3. The van der Waals surface area contributed by atoms with Crippen molar-refractivity contribution in [3.8, 4) is 0 Å². The normalized spacial score (nSPS) is 29.9. The van der Waals surface area contributed by atoms with Crippen molar-refractivity contribution in [2.75, 3.05) is 13.7 Å². The zero-order valence-corrected chi connectivity index (χ0v) is 15.5. The largest absolute Gasteiger partial charge is 0.511 e. The summed E-state index contributed by atoms with van der Waals surface area (Å²) in [5.74, 6) is -4.00. The smallest absolute Gasteiger partial charge is 0.178 e. The van der Waals surface area contributed by atoms with E-state index in [2.05, 4.69) is 0 Å². The molecule has 2 saturated carbocycles. The van der Waals surface area contributed by atoms with Gasteiger partial charge in [-0.3, -0.25) is 14.4 Å². The number of carbonyl (C=O) groups excluding carboxylic acids is 3. The fraction of sp³-hybridized carbons (Fsp3) is 0.476. The minimum Gasteiger partial charge on any atom is -0.511 e. The Hall–Kier alpha value is -2.67. The van der Waals surface area contributed by atoms with E-state index in [-0.39, 0.29) is 34.9 Å². The molecule has 0 bridgehead atoms. The van der Waals surface area contributed by atoms with Gasteiger partial charge in [-0.05, 0) is 36.8 Å².